The lowest BCUT2D eigenvalue weighted by molar-refractivity contribution is 0.0944. The number of hydrogen-bond acceptors (Lipinski definition) is 1. The van der Waals surface area contributed by atoms with Crippen molar-refractivity contribution >= 4 is 37.8 Å². The molecule has 0 heterocycles. The summed E-state index contributed by atoms with van der Waals surface area (Å²) in [6.07, 6.45) is 0. The fraction of sp³-hybridized carbons (Fsp3) is 0.364. The highest BCUT2D eigenvalue weighted by atomic mass is 79.9. The Morgan fingerprint density at radius 2 is 2.13 bits per heavy atom. The van der Waals surface area contributed by atoms with Crippen LogP contribution in [0, 0.1) is 6.92 Å². The average Bonchev–Trinajstić information content (AvgIpc) is 2.16. The zero-order valence-corrected chi connectivity index (χ0v) is 11.9. The van der Waals surface area contributed by atoms with Gasteiger partial charge in [-0.15, -0.1) is 0 Å². The van der Waals surface area contributed by atoms with Crippen molar-refractivity contribution in [3.05, 3.63) is 33.8 Å². The van der Waals surface area contributed by atoms with E-state index >= 15 is 0 Å². The molecule has 1 aromatic rings. The van der Waals surface area contributed by atoms with Crippen LogP contribution in [0.25, 0.3) is 0 Å². The second kappa shape index (κ2) is 5.66. The minimum absolute atomic E-state index is 0.0358. The lowest BCUT2D eigenvalue weighted by atomic mass is 10.1. The molecule has 0 aliphatic carbocycles. The van der Waals surface area contributed by atoms with Gasteiger partial charge in [-0.25, -0.2) is 0 Å². The Bertz CT molecular complexity index is 345. The number of carbonyl (C=O) groups is 1. The van der Waals surface area contributed by atoms with Crippen molar-refractivity contribution in [2.45, 2.75) is 19.9 Å². The summed E-state index contributed by atoms with van der Waals surface area (Å²) >= 11 is 6.70. The van der Waals surface area contributed by atoms with E-state index in [0.717, 1.165) is 15.4 Å². The van der Waals surface area contributed by atoms with Gasteiger partial charge in [0.2, 0.25) is 0 Å². The predicted octanol–water partition coefficient (Wildman–Crippen LogP) is 3.27. The maximum atomic E-state index is 11.8. The maximum Gasteiger partial charge on any atom is 0.251 e. The first-order valence-electron chi connectivity index (χ1n) is 4.67. The first-order valence-corrected chi connectivity index (χ1v) is 6.58. The van der Waals surface area contributed by atoms with Crippen LogP contribution in [-0.4, -0.2) is 17.3 Å². The molecule has 4 heteroatoms. The molecule has 2 nitrogen and oxygen atoms in total. The highest BCUT2D eigenvalue weighted by Crippen LogP contribution is 2.15. The summed E-state index contributed by atoms with van der Waals surface area (Å²) < 4.78 is 0.930. The summed E-state index contributed by atoms with van der Waals surface area (Å²) in [7, 11) is 0. The van der Waals surface area contributed by atoms with Gasteiger partial charge in [0.05, 0.1) is 0 Å². The smallest absolute Gasteiger partial charge is 0.251 e. The van der Waals surface area contributed by atoms with Crippen molar-refractivity contribution in [3.8, 4) is 0 Å². The molecule has 15 heavy (non-hydrogen) atoms. The van der Waals surface area contributed by atoms with Gasteiger partial charge in [0, 0.05) is 21.4 Å². The van der Waals surface area contributed by atoms with E-state index in [1.165, 1.54) is 0 Å². The van der Waals surface area contributed by atoms with E-state index in [9.17, 15) is 4.79 Å². The van der Waals surface area contributed by atoms with Gasteiger partial charge in [-0.3, -0.25) is 4.79 Å². The van der Waals surface area contributed by atoms with Crippen LogP contribution in [0.3, 0.4) is 0 Å². The molecule has 1 amide bonds. The summed E-state index contributed by atoms with van der Waals surface area (Å²) in [5.41, 5.74) is 1.76. The number of rotatable bonds is 3. The summed E-state index contributed by atoms with van der Waals surface area (Å²) in [5.74, 6) is -0.0358. The minimum atomic E-state index is -0.0358. The number of aryl methyl sites for hydroxylation is 1. The van der Waals surface area contributed by atoms with Crippen LogP contribution in [0.1, 0.15) is 22.8 Å². The molecule has 0 fully saturated rings. The zero-order chi connectivity index (χ0) is 11.4. The Kier molecular flexibility index (Phi) is 4.80. The van der Waals surface area contributed by atoms with Crippen LogP contribution in [0.5, 0.6) is 0 Å². The summed E-state index contributed by atoms with van der Waals surface area (Å²) in [5, 5.41) is 3.65. The number of alkyl halides is 1. The number of hydrogen-bond donors (Lipinski definition) is 1. The van der Waals surface area contributed by atoms with Crippen molar-refractivity contribution in [2.24, 2.45) is 0 Å². The maximum absolute atomic E-state index is 11.8. The SMILES string of the molecule is Cc1cc(Br)cc(C(=O)NC(C)CBr)c1. The largest absolute Gasteiger partial charge is 0.349 e. The van der Waals surface area contributed by atoms with Crippen molar-refractivity contribution < 1.29 is 4.79 Å². The van der Waals surface area contributed by atoms with E-state index in [0.29, 0.717) is 5.56 Å². The molecule has 0 saturated heterocycles. The van der Waals surface area contributed by atoms with E-state index < -0.39 is 0 Å². The van der Waals surface area contributed by atoms with Crippen LogP contribution in [0.2, 0.25) is 0 Å². The van der Waals surface area contributed by atoms with Gasteiger partial charge in [-0.2, -0.15) is 0 Å². The first kappa shape index (κ1) is 12.7. The van der Waals surface area contributed by atoms with Crippen molar-refractivity contribution in [1.29, 1.82) is 0 Å². The van der Waals surface area contributed by atoms with Gasteiger partial charge in [0.1, 0.15) is 0 Å². The molecule has 82 valence electrons. The molecule has 0 aliphatic rings. The van der Waals surface area contributed by atoms with Crippen molar-refractivity contribution in [1.82, 2.24) is 5.32 Å². The molecular formula is C11H13Br2NO. The number of carbonyl (C=O) groups excluding carboxylic acids is 1. The van der Waals surface area contributed by atoms with Gasteiger partial charge in [-0.1, -0.05) is 31.9 Å². The van der Waals surface area contributed by atoms with E-state index in [-0.39, 0.29) is 11.9 Å². The number of nitrogens with one attached hydrogen (secondary N) is 1. The molecule has 0 saturated carbocycles. The Balaban J connectivity index is 2.82. The van der Waals surface area contributed by atoms with Crippen LogP contribution in [0.15, 0.2) is 22.7 Å². The zero-order valence-electron chi connectivity index (χ0n) is 8.68. The number of benzene rings is 1. The fourth-order valence-corrected chi connectivity index (χ4v) is 1.98. The first-order chi connectivity index (χ1) is 7.02. The Morgan fingerprint density at radius 3 is 2.67 bits per heavy atom. The standard InChI is InChI=1S/C11H13Br2NO/c1-7-3-9(5-10(13)4-7)11(15)14-8(2)6-12/h3-5,8H,6H2,1-2H3,(H,14,15). The highest BCUT2D eigenvalue weighted by molar-refractivity contribution is 9.10. The lowest BCUT2D eigenvalue weighted by Crippen LogP contribution is -2.33. The van der Waals surface area contributed by atoms with Crippen molar-refractivity contribution in [2.75, 3.05) is 5.33 Å². The van der Waals surface area contributed by atoms with E-state index in [2.05, 4.69) is 37.2 Å². The van der Waals surface area contributed by atoms with Gasteiger partial charge in [0.15, 0.2) is 0 Å². The molecule has 0 spiro atoms. The third kappa shape index (κ3) is 3.95. The molecule has 1 rings (SSSR count). The molecule has 1 aromatic carbocycles. The molecule has 1 N–H and O–H groups in total. The monoisotopic (exact) mass is 333 g/mol. The molecule has 0 bridgehead atoms. The second-order valence-electron chi connectivity index (χ2n) is 3.55. The van der Waals surface area contributed by atoms with E-state index in [1.807, 2.05) is 32.0 Å². The van der Waals surface area contributed by atoms with Gasteiger partial charge in [0.25, 0.3) is 5.91 Å². The summed E-state index contributed by atoms with van der Waals surface area (Å²) in [4.78, 5) is 11.8. The Hall–Kier alpha value is -0.350. The Morgan fingerprint density at radius 1 is 1.47 bits per heavy atom. The topological polar surface area (TPSA) is 29.1 Å². The molecular weight excluding hydrogens is 322 g/mol. The van der Waals surface area contributed by atoms with Gasteiger partial charge in [-0.05, 0) is 37.6 Å². The Labute approximate surface area is 107 Å². The third-order valence-electron chi connectivity index (χ3n) is 1.91. The number of amides is 1. The van der Waals surface area contributed by atoms with Crippen LogP contribution in [-0.2, 0) is 0 Å². The third-order valence-corrected chi connectivity index (χ3v) is 3.34. The quantitative estimate of drug-likeness (QED) is 0.844. The second-order valence-corrected chi connectivity index (χ2v) is 5.11. The van der Waals surface area contributed by atoms with Crippen molar-refractivity contribution in [3.63, 3.8) is 0 Å². The minimum Gasteiger partial charge on any atom is -0.349 e. The molecule has 1 unspecified atom stereocenters. The van der Waals surface area contributed by atoms with E-state index in [1.54, 1.807) is 0 Å². The predicted molar refractivity (Wildman–Crippen MR) is 69.6 cm³/mol. The van der Waals surface area contributed by atoms with Crippen LogP contribution < -0.4 is 5.32 Å². The van der Waals surface area contributed by atoms with Crippen LogP contribution in [0.4, 0.5) is 0 Å². The molecule has 0 aromatic heterocycles. The van der Waals surface area contributed by atoms with Crippen LogP contribution >= 0.6 is 31.9 Å². The summed E-state index contributed by atoms with van der Waals surface area (Å²) in [6, 6.07) is 5.81. The molecule has 0 radical (unpaired) electrons. The van der Waals surface area contributed by atoms with Gasteiger partial charge < -0.3 is 5.32 Å². The fourth-order valence-electron chi connectivity index (χ4n) is 1.21. The number of halogens is 2. The normalized spacial score (nSPS) is 12.3. The summed E-state index contributed by atoms with van der Waals surface area (Å²) in [6.45, 7) is 3.92. The van der Waals surface area contributed by atoms with E-state index in [4.69, 9.17) is 0 Å². The van der Waals surface area contributed by atoms with Gasteiger partial charge >= 0.3 is 0 Å². The lowest BCUT2D eigenvalue weighted by Gasteiger charge is -2.11. The highest BCUT2D eigenvalue weighted by Gasteiger charge is 2.09. The average molecular weight is 335 g/mol. The molecule has 0 aliphatic heterocycles. The molecule has 1 atom stereocenters.